The van der Waals surface area contributed by atoms with Crippen LogP contribution < -0.4 is 5.73 Å². The summed E-state index contributed by atoms with van der Waals surface area (Å²) in [6.07, 6.45) is 0.951. The molecule has 94 valence electrons. The molecule has 5 nitrogen and oxygen atoms in total. The summed E-state index contributed by atoms with van der Waals surface area (Å²) >= 11 is 0. The molecule has 1 aliphatic heterocycles. The summed E-state index contributed by atoms with van der Waals surface area (Å²) in [6.45, 7) is 5.80. The van der Waals surface area contributed by atoms with Crippen LogP contribution in [0.3, 0.4) is 0 Å². The highest BCUT2D eigenvalue weighted by molar-refractivity contribution is 5.78. The zero-order valence-corrected chi connectivity index (χ0v) is 10.5. The highest BCUT2D eigenvalue weighted by atomic mass is 16.2. The van der Waals surface area contributed by atoms with Crippen LogP contribution in [0.1, 0.15) is 6.42 Å². The van der Waals surface area contributed by atoms with E-state index in [1.807, 2.05) is 16.8 Å². The third kappa shape index (κ3) is 4.47. The lowest BCUT2D eigenvalue weighted by Crippen LogP contribution is -2.49. The van der Waals surface area contributed by atoms with E-state index in [4.69, 9.17) is 5.73 Å². The first-order valence-corrected chi connectivity index (χ1v) is 5.98. The van der Waals surface area contributed by atoms with E-state index in [1.54, 1.807) is 0 Å². The molecular formula is C11H24N4O. The van der Waals surface area contributed by atoms with Crippen molar-refractivity contribution < 1.29 is 4.79 Å². The Kier molecular flexibility index (Phi) is 5.73. The third-order valence-electron chi connectivity index (χ3n) is 3.01. The van der Waals surface area contributed by atoms with E-state index in [1.165, 1.54) is 0 Å². The monoisotopic (exact) mass is 228 g/mol. The second kappa shape index (κ2) is 6.83. The van der Waals surface area contributed by atoms with Crippen LogP contribution in [0.2, 0.25) is 0 Å². The van der Waals surface area contributed by atoms with Crippen LogP contribution >= 0.6 is 0 Å². The predicted octanol–water partition coefficient (Wildman–Crippen LogP) is -0.959. The van der Waals surface area contributed by atoms with Gasteiger partial charge in [-0.15, -0.1) is 0 Å². The number of hydrogen-bond acceptors (Lipinski definition) is 4. The number of nitrogens with two attached hydrogens (primary N) is 1. The van der Waals surface area contributed by atoms with Crippen molar-refractivity contribution in [3.05, 3.63) is 0 Å². The summed E-state index contributed by atoms with van der Waals surface area (Å²) in [4.78, 5) is 18.2. The van der Waals surface area contributed by atoms with Gasteiger partial charge in [0.05, 0.1) is 6.54 Å². The molecule has 0 aromatic rings. The number of amides is 1. The molecule has 0 atom stereocenters. The van der Waals surface area contributed by atoms with Crippen LogP contribution in [-0.2, 0) is 4.79 Å². The number of likely N-dealkylation sites (N-methyl/N-ethyl adjacent to an activating group) is 2. The van der Waals surface area contributed by atoms with Gasteiger partial charge in [-0.25, -0.2) is 0 Å². The van der Waals surface area contributed by atoms with Crippen LogP contribution in [0.5, 0.6) is 0 Å². The summed E-state index contributed by atoms with van der Waals surface area (Å²) in [5, 5.41) is 0. The van der Waals surface area contributed by atoms with Crippen LogP contribution in [0.15, 0.2) is 0 Å². The van der Waals surface area contributed by atoms with E-state index < -0.39 is 0 Å². The third-order valence-corrected chi connectivity index (χ3v) is 3.01. The van der Waals surface area contributed by atoms with Gasteiger partial charge >= 0.3 is 0 Å². The van der Waals surface area contributed by atoms with Crippen molar-refractivity contribution in [3.63, 3.8) is 0 Å². The second-order valence-electron chi connectivity index (χ2n) is 4.56. The Balaban J connectivity index is 2.23. The van der Waals surface area contributed by atoms with Gasteiger partial charge in [0.2, 0.25) is 5.91 Å². The molecule has 0 bridgehead atoms. The van der Waals surface area contributed by atoms with Crippen molar-refractivity contribution in [2.75, 3.05) is 59.9 Å². The molecule has 1 aliphatic rings. The Hall–Kier alpha value is -0.650. The molecule has 1 fully saturated rings. The molecule has 2 N–H and O–H groups in total. The molecule has 5 heteroatoms. The smallest absolute Gasteiger partial charge is 0.236 e. The Morgan fingerprint density at radius 3 is 2.50 bits per heavy atom. The number of rotatable bonds is 5. The lowest BCUT2D eigenvalue weighted by Gasteiger charge is -2.33. The minimum Gasteiger partial charge on any atom is -0.339 e. The molecule has 0 aliphatic carbocycles. The Labute approximate surface area is 98.2 Å². The van der Waals surface area contributed by atoms with Gasteiger partial charge in [-0.3, -0.25) is 9.69 Å². The van der Waals surface area contributed by atoms with Crippen molar-refractivity contribution in [2.24, 2.45) is 5.73 Å². The molecule has 0 unspecified atom stereocenters. The van der Waals surface area contributed by atoms with Gasteiger partial charge in [0.15, 0.2) is 0 Å². The van der Waals surface area contributed by atoms with Crippen molar-refractivity contribution in [1.29, 1.82) is 0 Å². The molecule has 0 aromatic heterocycles. The fourth-order valence-electron chi connectivity index (χ4n) is 1.83. The minimum atomic E-state index is 0.243. The summed E-state index contributed by atoms with van der Waals surface area (Å²) in [5.41, 5.74) is 5.44. The van der Waals surface area contributed by atoms with Gasteiger partial charge in [0.1, 0.15) is 0 Å². The number of piperazine rings is 1. The maximum atomic E-state index is 11.9. The molecule has 1 rings (SSSR count). The molecule has 0 spiro atoms. The second-order valence-corrected chi connectivity index (χ2v) is 4.56. The van der Waals surface area contributed by atoms with E-state index in [9.17, 15) is 4.79 Å². The number of hydrogen-bond donors (Lipinski definition) is 1. The average molecular weight is 228 g/mol. The lowest BCUT2D eigenvalue weighted by molar-refractivity contribution is -0.133. The van der Waals surface area contributed by atoms with Crippen molar-refractivity contribution >= 4 is 5.91 Å². The normalized spacial score (nSPS) is 18.1. The summed E-state index contributed by atoms with van der Waals surface area (Å²) in [5.74, 6) is 0.243. The van der Waals surface area contributed by atoms with Crippen LogP contribution in [-0.4, -0.2) is 80.5 Å². The highest BCUT2D eigenvalue weighted by Gasteiger charge is 2.19. The van der Waals surface area contributed by atoms with Gasteiger partial charge in [-0.1, -0.05) is 0 Å². The summed E-state index contributed by atoms with van der Waals surface area (Å²) in [7, 11) is 4.07. The quantitative estimate of drug-likeness (QED) is 0.658. The van der Waals surface area contributed by atoms with Gasteiger partial charge < -0.3 is 15.5 Å². The Bertz CT molecular complexity index is 214. The van der Waals surface area contributed by atoms with E-state index in [2.05, 4.69) is 11.9 Å². The van der Waals surface area contributed by atoms with Gasteiger partial charge in [0, 0.05) is 26.2 Å². The van der Waals surface area contributed by atoms with Crippen molar-refractivity contribution in [3.8, 4) is 0 Å². The summed E-state index contributed by atoms with van der Waals surface area (Å²) in [6, 6.07) is 0. The van der Waals surface area contributed by atoms with E-state index in [0.29, 0.717) is 13.1 Å². The SMILES string of the molecule is CN1CCN(C(=O)CN(C)CCCN)CC1. The van der Waals surface area contributed by atoms with E-state index >= 15 is 0 Å². The number of nitrogens with zero attached hydrogens (tertiary/aromatic N) is 3. The molecule has 16 heavy (non-hydrogen) atoms. The standard InChI is InChI=1S/C11H24N4O/c1-13-6-8-15(9-7-13)11(16)10-14(2)5-3-4-12/h3-10,12H2,1-2H3. The topological polar surface area (TPSA) is 52.8 Å². The largest absolute Gasteiger partial charge is 0.339 e. The Morgan fingerprint density at radius 1 is 1.31 bits per heavy atom. The maximum absolute atomic E-state index is 11.9. The fraction of sp³-hybridized carbons (Fsp3) is 0.909. The van der Waals surface area contributed by atoms with Gasteiger partial charge in [-0.2, -0.15) is 0 Å². The molecule has 1 amide bonds. The first-order valence-electron chi connectivity index (χ1n) is 5.98. The van der Waals surface area contributed by atoms with Crippen LogP contribution in [0.25, 0.3) is 0 Å². The molecular weight excluding hydrogens is 204 g/mol. The van der Waals surface area contributed by atoms with Crippen molar-refractivity contribution in [1.82, 2.24) is 14.7 Å². The maximum Gasteiger partial charge on any atom is 0.236 e. The van der Waals surface area contributed by atoms with Gasteiger partial charge in [0.25, 0.3) is 0 Å². The molecule has 0 aromatic carbocycles. The average Bonchev–Trinajstić information content (AvgIpc) is 2.27. The predicted molar refractivity (Wildman–Crippen MR) is 65.2 cm³/mol. The van der Waals surface area contributed by atoms with Crippen molar-refractivity contribution in [2.45, 2.75) is 6.42 Å². The van der Waals surface area contributed by atoms with E-state index in [0.717, 1.165) is 39.1 Å². The number of carbonyl (C=O) groups excluding carboxylic acids is 1. The zero-order valence-electron chi connectivity index (χ0n) is 10.5. The van der Waals surface area contributed by atoms with Crippen LogP contribution in [0, 0.1) is 0 Å². The zero-order chi connectivity index (χ0) is 12.0. The molecule has 1 heterocycles. The molecule has 0 saturated carbocycles. The minimum absolute atomic E-state index is 0.243. The molecule has 1 saturated heterocycles. The van der Waals surface area contributed by atoms with Crippen LogP contribution in [0.4, 0.5) is 0 Å². The van der Waals surface area contributed by atoms with Gasteiger partial charge in [-0.05, 0) is 33.6 Å². The lowest BCUT2D eigenvalue weighted by atomic mass is 10.3. The first kappa shape index (κ1) is 13.4. The Morgan fingerprint density at radius 2 is 1.94 bits per heavy atom. The summed E-state index contributed by atoms with van der Waals surface area (Å²) < 4.78 is 0. The number of carbonyl (C=O) groups is 1. The highest BCUT2D eigenvalue weighted by Crippen LogP contribution is 2.00. The fourth-order valence-corrected chi connectivity index (χ4v) is 1.83. The first-order chi connectivity index (χ1) is 7.63. The van der Waals surface area contributed by atoms with E-state index in [-0.39, 0.29) is 5.91 Å². The molecule has 0 radical (unpaired) electrons.